The summed E-state index contributed by atoms with van der Waals surface area (Å²) in [6.45, 7) is 9.87. The fraction of sp³-hybridized carbons (Fsp3) is 0.440. The zero-order valence-corrected chi connectivity index (χ0v) is 19.2. The Kier molecular flexibility index (Phi) is 6.46. The molecule has 1 aliphatic heterocycles. The predicted octanol–water partition coefficient (Wildman–Crippen LogP) is 2.93. The zero-order chi connectivity index (χ0) is 22.6. The summed E-state index contributed by atoms with van der Waals surface area (Å²) in [4.78, 5) is 25.1. The van der Waals surface area contributed by atoms with Crippen molar-refractivity contribution in [1.82, 2.24) is 24.0 Å². The summed E-state index contributed by atoms with van der Waals surface area (Å²) >= 11 is 0. The fourth-order valence-electron chi connectivity index (χ4n) is 4.78. The van der Waals surface area contributed by atoms with Gasteiger partial charge in [-0.1, -0.05) is 24.3 Å². The summed E-state index contributed by atoms with van der Waals surface area (Å²) in [7, 11) is 0. The van der Waals surface area contributed by atoms with E-state index in [2.05, 4.69) is 37.5 Å². The van der Waals surface area contributed by atoms with E-state index in [-0.39, 0.29) is 5.69 Å². The summed E-state index contributed by atoms with van der Waals surface area (Å²) < 4.78 is 9.77. The van der Waals surface area contributed by atoms with Crippen LogP contribution in [0.4, 0.5) is 5.95 Å². The number of fused-ring (bicyclic) bond motifs is 2. The minimum Gasteiger partial charge on any atom is -0.380 e. The quantitative estimate of drug-likeness (QED) is 0.399. The van der Waals surface area contributed by atoms with Crippen LogP contribution in [-0.4, -0.2) is 69.9 Å². The molecule has 0 amide bonds. The second kappa shape index (κ2) is 9.80. The van der Waals surface area contributed by atoms with Crippen LogP contribution >= 0.6 is 0 Å². The van der Waals surface area contributed by atoms with Gasteiger partial charge in [-0.05, 0) is 44.2 Å². The maximum absolute atomic E-state index is 12.3. The van der Waals surface area contributed by atoms with Crippen LogP contribution in [0.15, 0.2) is 53.3 Å². The first-order valence-electron chi connectivity index (χ1n) is 11.9. The monoisotopic (exact) mass is 448 g/mol. The van der Waals surface area contributed by atoms with Crippen molar-refractivity contribution in [2.24, 2.45) is 0 Å². The number of ether oxygens (including phenoxy) is 1. The Balaban J connectivity index is 1.20. The predicted molar refractivity (Wildman–Crippen MR) is 132 cm³/mol. The highest BCUT2D eigenvalue weighted by Gasteiger charge is 2.22. The van der Waals surface area contributed by atoms with Crippen molar-refractivity contribution < 1.29 is 4.74 Å². The van der Waals surface area contributed by atoms with Crippen LogP contribution < -0.4 is 10.6 Å². The van der Waals surface area contributed by atoms with Gasteiger partial charge in [0.05, 0.1) is 28.7 Å². The van der Waals surface area contributed by atoms with E-state index in [1.165, 1.54) is 5.52 Å². The Morgan fingerprint density at radius 3 is 2.48 bits per heavy atom. The number of nitrogens with one attached hydrogen (secondary N) is 1. The van der Waals surface area contributed by atoms with Gasteiger partial charge in [0, 0.05) is 45.9 Å². The third-order valence-corrected chi connectivity index (χ3v) is 6.49. The smallest absolute Gasteiger partial charge is 0.326 e. The lowest BCUT2D eigenvalue weighted by Crippen LogP contribution is -2.47. The van der Waals surface area contributed by atoms with Gasteiger partial charge in [-0.2, -0.15) is 0 Å². The number of piperazine rings is 1. The van der Waals surface area contributed by atoms with Crippen molar-refractivity contribution in [1.29, 1.82) is 0 Å². The topological polar surface area (TPSA) is 71.3 Å². The van der Waals surface area contributed by atoms with Crippen molar-refractivity contribution in [3.8, 4) is 0 Å². The van der Waals surface area contributed by atoms with E-state index in [1.807, 2.05) is 41.8 Å². The maximum Gasteiger partial charge on any atom is 0.326 e. The van der Waals surface area contributed by atoms with E-state index in [4.69, 9.17) is 9.72 Å². The molecule has 0 radical (unpaired) electrons. The fourth-order valence-corrected chi connectivity index (χ4v) is 4.78. The first-order chi connectivity index (χ1) is 16.2. The number of hydrogen-bond acceptors (Lipinski definition) is 5. The summed E-state index contributed by atoms with van der Waals surface area (Å²) in [5, 5.41) is 0. The molecule has 2 aromatic heterocycles. The van der Waals surface area contributed by atoms with Gasteiger partial charge in [0.2, 0.25) is 5.95 Å². The summed E-state index contributed by atoms with van der Waals surface area (Å²) in [6.07, 6.45) is 0.953. The third kappa shape index (κ3) is 4.54. The molecular weight excluding hydrogens is 416 g/mol. The highest BCUT2D eigenvalue weighted by Crippen LogP contribution is 2.23. The minimum atomic E-state index is -0.0213. The third-order valence-electron chi connectivity index (χ3n) is 6.49. The number of benzene rings is 2. The number of aromatic nitrogens is 4. The molecule has 1 saturated heterocycles. The SMILES string of the molecule is CCOCCn1c(N2CCN(CCCn3c(=O)[nH]c4ccccc43)CC2)nc2ccccc21. The molecular formula is C25H32N6O2. The Morgan fingerprint density at radius 1 is 0.909 bits per heavy atom. The molecule has 0 atom stereocenters. The van der Waals surface area contributed by atoms with E-state index < -0.39 is 0 Å². The standard InChI is InChI=1S/C25H32N6O2/c1-2-33-19-18-30-22-10-5-3-8-20(22)26-24(30)29-16-14-28(15-17-29)12-7-13-31-23-11-6-4-9-21(23)27-25(31)32/h3-6,8-11H,2,7,12-19H2,1H3,(H,27,32). The molecule has 5 rings (SSSR count). The normalized spacial score (nSPS) is 15.1. The molecule has 33 heavy (non-hydrogen) atoms. The molecule has 0 spiro atoms. The van der Waals surface area contributed by atoms with Gasteiger partial charge in [-0.25, -0.2) is 9.78 Å². The van der Waals surface area contributed by atoms with Crippen molar-refractivity contribution in [2.45, 2.75) is 26.4 Å². The Morgan fingerprint density at radius 2 is 1.67 bits per heavy atom. The Bertz CT molecular complexity index is 1260. The number of para-hydroxylation sites is 4. The number of anilines is 1. The van der Waals surface area contributed by atoms with E-state index in [0.29, 0.717) is 6.61 Å². The molecule has 2 aromatic carbocycles. The van der Waals surface area contributed by atoms with Crippen LogP contribution in [0.2, 0.25) is 0 Å². The van der Waals surface area contributed by atoms with Crippen molar-refractivity contribution in [2.75, 3.05) is 50.8 Å². The molecule has 174 valence electrons. The number of hydrogen-bond donors (Lipinski definition) is 1. The van der Waals surface area contributed by atoms with Crippen molar-refractivity contribution >= 4 is 28.0 Å². The summed E-state index contributed by atoms with van der Waals surface area (Å²) in [5.41, 5.74) is 4.07. The lowest BCUT2D eigenvalue weighted by atomic mass is 10.3. The van der Waals surface area contributed by atoms with Gasteiger partial charge < -0.3 is 19.2 Å². The highest BCUT2D eigenvalue weighted by atomic mass is 16.5. The van der Waals surface area contributed by atoms with Gasteiger partial charge in [0.25, 0.3) is 0 Å². The van der Waals surface area contributed by atoms with E-state index >= 15 is 0 Å². The summed E-state index contributed by atoms with van der Waals surface area (Å²) in [6, 6.07) is 16.2. The Labute approximate surface area is 193 Å². The molecule has 3 heterocycles. The molecule has 1 fully saturated rings. The summed E-state index contributed by atoms with van der Waals surface area (Å²) in [5.74, 6) is 1.04. The van der Waals surface area contributed by atoms with Crippen molar-refractivity contribution in [3.05, 3.63) is 59.0 Å². The molecule has 0 bridgehead atoms. The van der Waals surface area contributed by atoms with Gasteiger partial charge in [0.15, 0.2) is 0 Å². The van der Waals surface area contributed by atoms with E-state index in [1.54, 1.807) is 0 Å². The van der Waals surface area contributed by atoms with E-state index in [9.17, 15) is 4.79 Å². The maximum atomic E-state index is 12.3. The molecule has 8 heteroatoms. The highest BCUT2D eigenvalue weighted by molar-refractivity contribution is 5.79. The van der Waals surface area contributed by atoms with Crippen LogP contribution in [0.25, 0.3) is 22.1 Å². The lowest BCUT2D eigenvalue weighted by molar-refractivity contribution is 0.140. The van der Waals surface area contributed by atoms with Gasteiger partial charge in [-0.3, -0.25) is 9.47 Å². The Hall–Kier alpha value is -3.10. The first-order valence-corrected chi connectivity index (χ1v) is 11.9. The van der Waals surface area contributed by atoms with Crippen LogP contribution in [0, 0.1) is 0 Å². The molecule has 8 nitrogen and oxygen atoms in total. The first kappa shape index (κ1) is 21.7. The number of aromatic amines is 1. The van der Waals surface area contributed by atoms with Crippen LogP contribution in [-0.2, 0) is 17.8 Å². The second-order valence-corrected chi connectivity index (χ2v) is 8.53. The van der Waals surface area contributed by atoms with Crippen LogP contribution in [0.1, 0.15) is 13.3 Å². The van der Waals surface area contributed by atoms with Crippen LogP contribution in [0.3, 0.4) is 0 Å². The molecule has 1 aliphatic rings. The molecule has 4 aromatic rings. The molecule has 0 unspecified atom stereocenters. The van der Waals surface area contributed by atoms with Gasteiger partial charge >= 0.3 is 5.69 Å². The second-order valence-electron chi connectivity index (χ2n) is 8.53. The van der Waals surface area contributed by atoms with Gasteiger partial charge in [-0.15, -0.1) is 0 Å². The largest absolute Gasteiger partial charge is 0.380 e. The number of nitrogens with zero attached hydrogens (tertiary/aromatic N) is 5. The zero-order valence-electron chi connectivity index (χ0n) is 19.2. The molecule has 0 saturated carbocycles. The lowest BCUT2D eigenvalue weighted by Gasteiger charge is -2.35. The van der Waals surface area contributed by atoms with Gasteiger partial charge in [0.1, 0.15) is 0 Å². The number of H-pyrrole nitrogens is 1. The number of rotatable bonds is 9. The number of imidazole rings is 2. The number of aryl methyl sites for hydroxylation is 1. The minimum absolute atomic E-state index is 0.0213. The van der Waals surface area contributed by atoms with Crippen molar-refractivity contribution in [3.63, 3.8) is 0 Å². The van der Waals surface area contributed by atoms with E-state index in [0.717, 1.165) is 81.3 Å². The molecule has 1 N–H and O–H groups in total. The average Bonchev–Trinajstić information content (AvgIpc) is 3.37. The molecule has 0 aliphatic carbocycles. The average molecular weight is 449 g/mol. The van der Waals surface area contributed by atoms with Crippen LogP contribution in [0.5, 0.6) is 0 Å².